The lowest BCUT2D eigenvalue weighted by Gasteiger charge is -2.08. The van der Waals surface area contributed by atoms with Crippen molar-refractivity contribution in [2.75, 3.05) is 5.32 Å². The molecule has 6 aromatic heterocycles. The molecule has 0 bridgehead atoms. The van der Waals surface area contributed by atoms with Crippen LogP contribution in [-0.4, -0.2) is 41.8 Å². The van der Waals surface area contributed by atoms with Gasteiger partial charge >= 0.3 is 0 Å². The van der Waals surface area contributed by atoms with Crippen LogP contribution in [0.15, 0.2) is 61.2 Å². The van der Waals surface area contributed by atoms with Gasteiger partial charge in [0, 0.05) is 57.4 Å². The molecule has 0 radical (unpaired) electrons. The maximum absolute atomic E-state index is 12.2. The summed E-state index contributed by atoms with van der Waals surface area (Å²) in [7, 11) is 0. The molecule has 0 aromatic carbocycles. The van der Waals surface area contributed by atoms with Crippen molar-refractivity contribution in [1.82, 2.24) is 30.1 Å². The van der Waals surface area contributed by atoms with E-state index < -0.39 is 0 Å². The van der Waals surface area contributed by atoms with E-state index >= 15 is 0 Å². The van der Waals surface area contributed by atoms with Gasteiger partial charge in [0.1, 0.15) is 5.65 Å². The lowest BCUT2D eigenvalue weighted by Crippen LogP contribution is -2.13. The molecule has 10 heteroatoms. The summed E-state index contributed by atoms with van der Waals surface area (Å²) >= 11 is 1.47. The normalized spacial score (nSPS) is 11.5. The van der Waals surface area contributed by atoms with Crippen LogP contribution < -0.4 is 5.32 Å². The van der Waals surface area contributed by atoms with Crippen LogP contribution in [0, 0.1) is 5.92 Å². The lowest BCUT2D eigenvalue weighted by molar-refractivity contribution is -0.116. The predicted molar refractivity (Wildman–Crippen MR) is 154 cm³/mol. The number of fused-ring (bicyclic) bond motifs is 2. The number of ketones is 1. The molecule has 6 heterocycles. The lowest BCUT2D eigenvalue weighted by atomic mass is 10.1. The topological polar surface area (TPSA) is 129 Å². The second-order valence-corrected chi connectivity index (χ2v) is 10.9. The van der Waals surface area contributed by atoms with Crippen molar-refractivity contribution < 1.29 is 9.59 Å². The van der Waals surface area contributed by atoms with Gasteiger partial charge in [-0.2, -0.15) is 5.10 Å². The number of hydrogen-bond acceptors (Lipinski definition) is 7. The SMILES string of the molecule is CC(=O)c1ccc(-c2ccnc3[nH]c(-c4[nH]nc5ncc(-c6cncc(NC(=O)CC(C)C)c6)cc45)cc23)s1. The molecule has 0 unspecified atom stereocenters. The van der Waals surface area contributed by atoms with Crippen LogP contribution in [0.2, 0.25) is 0 Å². The highest BCUT2D eigenvalue weighted by atomic mass is 32.1. The molecule has 9 nitrogen and oxygen atoms in total. The van der Waals surface area contributed by atoms with Crippen molar-refractivity contribution in [3.8, 4) is 33.0 Å². The van der Waals surface area contributed by atoms with Crippen molar-refractivity contribution in [3.63, 3.8) is 0 Å². The van der Waals surface area contributed by atoms with Crippen molar-refractivity contribution in [2.24, 2.45) is 5.92 Å². The van der Waals surface area contributed by atoms with E-state index in [0.717, 1.165) is 54.3 Å². The first-order valence-corrected chi connectivity index (χ1v) is 13.4. The minimum Gasteiger partial charge on any atom is -0.338 e. The Balaban J connectivity index is 1.37. The maximum atomic E-state index is 12.2. The van der Waals surface area contributed by atoms with E-state index in [1.807, 2.05) is 50.2 Å². The molecule has 0 spiro atoms. The number of hydrogen-bond donors (Lipinski definition) is 3. The molecule has 0 saturated heterocycles. The van der Waals surface area contributed by atoms with Gasteiger partial charge in [-0.05, 0) is 49.2 Å². The Morgan fingerprint density at radius 3 is 2.64 bits per heavy atom. The Labute approximate surface area is 227 Å². The van der Waals surface area contributed by atoms with Crippen LogP contribution in [0.4, 0.5) is 5.69 Å². The zero-order valence-corrected chi connectivity index (χ0v) is 22.4. The number of rotatable bonds is 7. The highest BCUT2D eigenvalue weighted by molar-refractivity contribution is 7.17. The van der Waals surface area contributed by atoms with E-state index in [2.05, 4.69) is 35.5 Å². The minimum atomic E-state index is -0.0403. The van der Waals surface area contributed by atoms with E-state index in [4.69, 9.17) is 0 Å². The van der Waals surface area contributed by atoms with Gasteiger partial charge < -0.3 is 10.3 Å². The Morgan fingerprint density at radius 1 is 1.00 bits per heavy atom. The van der Waals surface area contributed by atoms with Crippen LogP contribution in [0.1, 0.15) is 36.9 Å². The number of anilines is 1. The molecule has 0 aliphatic rings. The number of nitrogens with zero attached hydrogens (tertiary/aromatic N) is 4. The molecule has 6 aromatic rings. The second kappa shape index (κ2) is 9.88. The first kappa shape index (κ1) is 24.6. The monoisotopic (exact) mass is 535 g/mol. The van der Waals surface area contributed by atoms with E-state index in [1.165, 1.54) is 11.3 Å². The average Bonchev–Trinajstić information content (AvgIpc) is 3.65. The fraction of sp³-hybridized carbons (Fsp3) is 0.172. The van der Waals surface area contributed by atoms with E-state index in [1.54, 1.807) is 31.7 Å². The average molecular weight is 536 g/mol. The summed E-state index contributed by atoms with van der Waals surface area (Å²) < 4.78 is 0. The summed E-state index contributed by atoms with van der Waals surface area (Å²) in [4.78, 5) is 42.6. The number of carbonyl (C=O) groups excluding carboxylic acids is 2. The van der Waals surface area contributed by atoms with E-state index in [0.29, 0.717) is 17.8 Å². The molecular formula is C29H25N7O2S. The fourth-order valence-corrected chi connectivity index (χ4v) is 5.50. The van der Waals surface area contributed by atoms with Crippen molar-refractivity contribution in [2.45, 2.75) is 27.2 Å². The number of thiophene rings is 1. The summed E-state index contributed by atoms with van der Waals surface area (Å²) in [6, 6.07) is 11.7. The fourth-order valence-electron chi connectivity index (χ4n) is 4.56. The Bertz CT molecular complexity index is 1860. The summed E-state index contributed by atoms with van der Waals surface area (Å²) in [5.41, 5.74) is 6.25. The second-order valence-electron chi connectivity index (χ2n) is 9.83. The predicted octanol–water partition coefficient (Wildman–Crippen LogP) is 6.48. The highest BCUT2D eigenvalue weighted by Crippen LogP contribution is 2.36. The third-order valence-corrected chi connectivity index (χ3v) is 7.60. The Kier molecular flexibility index (Phi) is 6.24. The van der Waals surface area contributed by atoms with Crippen molar-refractivity contribution in [1.29, 1.82) is 0 Å². The third kappa shape index (κ3) is 4.82. The Hall–Kier alpha value is -4.70. The quantitative estimate of drug-likeness (QED) is 0.201. The number of carbonyl (C=O) groups is 2. The summed E-state index contributed by atoms with van der Waals surface area (Å²) in [5.74, 6) is 0.283. The molecule has 39 heavy (non-hydrogen) atoms. The number of amides is 1. The van der Waals surface area contributed by atoms with Crippen LogP contribution in [0.3, 0.4) is 0 Å². The molecule has 0 atom stereocenters. The van der Waals surface area contributed by atoms with Crippen LogP contribution in [0.25, 0.3) is 55.0 Å². The van der Waals surface area contributed by atoms with Gasteiger partial charge in [-0.3, -0.25) is 19.7 Å². The number of aromatic amines is 2. The largest absolute Gasteiger partial charge is 0.338 e. The summed E-state index contributed by atoms with van der Waals surface area (Å²) in [5, 5.41) is 12.2. The number of aromatic nitrogens is 6. The Morgan fingerprint density at radius 2 is 1.85 bits per heavy atom. The minimum absolute atomic E-state index is 0.0403. The zero-order valence-electron chi connectivity index (χ0n) is 21.6. The first-order chi connectivity index (χ1) is 18.9. The zero-order chi connectivity index (χ0) is 27.1. The number of pyridine rings is 3. The first-order valence-electron chi connectivity index (χ1n) is 12.5. The van der Waals surface area contributed by atoms with Gasteiger partial charge in [0.2, 0.25) is 5.91 Å². The highest BCUT2D eigenvalue weighted by Gasteiger charge is 2.17. The van der Waals surface area contributed by atoms with Crippen LogP contribution in [-0.2, 0) is 4.79 Å². The third-order valence-electron chi connectivity index (χ3n) is 6.38. The maximum Gasteiger partial charge on any atom is 0.224 e. The molecular weight excluding hydrogens is 510 g/mol. The molecule has 3 N–H and O–H groups in total. The van der Waals surface area contributed by atoms with Gasteiger partial charge in [0.15, 0.2) is 11.4 Å². The van der Waals surface area contributed by atoms with E-state index in [9.17, 15) is 9.59 Å². The molecule has 1 amide bonds. The standard InChI is InChI=1S/C29H25N7O2S/c1-15(2)8-26(38)33-19-9-17(12-30-14-19)18-10-22-27(35-36-29(22)32-13-18)23-11-21-20(6-7-31-28(21)34-23)25-5-4-24(39-25)16(3)37/h4-7,9-15H,8H2,1-3H3,(H,31,34)(H,33,38)(H,32,35,36). The van der Waals surface area contributed by atoms with Crippen LogP contribution in [0.5, 0.6) is 0 Å². The number of nitrogens with one attached hydrogen (secondary N) is 3. The summed E-state index contributed by atoms with van der Waals surface area (Å²) in [6.45, 7) is 5.59. The van der Waals surface area contributed by atoms with Gasteiger partial charge in [-0.25, -0.2) is 9.97 Å². The molecule has 0 aliphatic heterocycles. The van der Waals surface area contributed by atoms with Crippen molar-refractivity contribution >= 4 is 50.8 Å². The number of Topliss-reactive ketones (excluding diaryl/α,β-unsaturated/α-hetero) is 1. The molecule has 6 rings (SSSR count). The van der Waals surface area contributed by atoms with Gasteiger partial charge in [0.25, 0.3) is 0 Å². The molecule has 0 fully saturated rings. The van der Waals surface area contributed by atoms with Gasteiger partial charge in [-0.1, -0.05) is 13.8 Å². The molecule has 194 valence electrons. The van der Waals surface area contributed by atoms with Gasteiger partial charge in [-0.15, -0.1) is 11.3 Å². The van der Waals surface area contributed by atoms with E-state index in [-0.39, 0.29) is 17.6 Å². The molecule has 0 saturated carbocycles. The smallest absolute Gasteiger partial charge is 0.224 e. The van der Waals surface area contributed by atoms with Gasteiger partial charge in [0.05, 0.1) is 28.1 Å². The summed E-state index contributed by atoms with van der Waals surface area (Å²) in [6.07, 6.45) is 7.34. The molecule has 0 aliphatic carbocycles. The van der Waals surface area contributed by atoms with Crippen LogP contribution >= 0.6 is 11.3 Å². The van der Waals surface area contributed by atoms with Crippen molar-refractivity contribution in [3.05, 3.63) is 66.1 Å². The number of H-pyrrole nitrogens is 2.